The highest BCUT2D eigenvalue weighted by Gasteiger charge is 2.36. The van der Waals surface area contributed by atoms with Gasteiger partial charge >= 0.3 is 5.97 Å². The molecule has 0 radical (unpaired) electrons. The number of hydrogen-bond acceptors (Lipinski definition) is 5. The second kappa shape index (κ2) is 10.2. The van der Waals surface area contributed by atoms with Gasteiger partial charge < -0.3 is 14.6 Å². The summed E-state index contributed by atoms with van der Waals surface area (Å²) < 4.78 is 41.2. The Balaban J connectivity index is 1.67. The summed E-state index contributed by atoms with van der Waals surface area (Å²) in [7, 11) is -3.96. The molecule has 1 saturated heterocycles. The van der Waals surface area contributed by atoms with Gasteiger partial charge in [0.05, 0.1) is 17.2 Å². The Labute approximate surface area is 208 Å². The third-order valence-electron chi connectivity index (χ3n) is 6.38. The SMILES string of the molecule is CCC1CCc2cc(I)ccc2N1S(=O)(=O)c1ccc(OCC2CCOCC2)c(C(=O)O)c1. The maximum atomic E-state index is 13.8. The minimum atomic E-state index is -3.96. The van der Waals surface area contributed by atoms with E-state index in [1.54, 1.807) is 0 Å². The van der Waals surface area contributed by atoms with Crippen LogP contribution in [0.2, 0.25) is 0 Å². The van der Waals surface area contributed by atoms with Crippen molar-refractivity contribution in [2.75, 3.05) is 24.1 Å². The van der Waals surface area contributed by atoms with Crippen molar-refractivity contribution in [2.45, 2.75) is 50.0 Å². The van der Waals surface area contributed by atoms with Gasteiger partial charge in [-0.05, 0) is 103 Å². The van der Waals surface area contributed by atoms with E-state index in [9.17, 15) is 18.3 Å². The highest BCUT2D eigenvalue weighted by atomic mass is 127. The number of rotatable bonds is 7. The maximum Gasteiger partial charge on any atom is 0.339 e. The first kappa shape index (κ1) is 24.3. The molecule has 1 N–H and O–H groups in total. The van der Waals surface area contributed by atoms with E-state index in [4.69, 9.17) is 9.47 Å². The quantitative estimate of drug-likeness (QED) is 0.473. The number of fused-ring (bicyclic) bond motifs is 1. The van der Waals surface area contributed by atoms with Gasteiger partial charge in [0.25, 0.3) is 10.0 Å². The number of benzene rings is 2. The predicted molar refractivity (Wildman–Crippen MR) is 134 cm³/mol. The predicted octanol–water partition coefficient (Wildman–Crippen LogP) is 4.71. The van der Waals surface area contributed by atoms with E-state index in [2.05, 4.69) is 22.6 Å². The molecule has 1 unspecified atom stereocenters. The zero-order valence-corrected chi connectivity index (χ0v) is 21.5. The number of nitrogens with zero attached hydrogens (tertiary/aromatic N) is 1. The third kappa shape index (κ3) is 5.14. The molecule has 9 heteroatoms. The van der Waals surface area contributed by atoms with Crippen LogP contribution in [0, 0.1) is 9.49 Å². The number of aryl methyl sites for hydroxylation is 1. The molecule has 0 bridgehead atoms. The summed E-state index contributed by atoms with van der Waals surface area (Å²) >= 11 is 2.22. The monoisotopic (exact) mass is 585 g/mol. The summed E-state index contributed by atoms with van der Waals surface area (Å²) in [5.41, 5.74) is 1.52. The van der Waals surface area contributed by atoms with E-state index in [1.807, 2.05) is 25.1 Å². The second-order valence-corrected chi connectivity index (χ2v) is 11.6. The molecule has 178 valence electrons. The standard InChI is InChI=1S/C24H28INO6S/c1-2-19-5-3-17-13-18(25)4-7-22(17)26(19)33(29,30)20-6-8-23(21(14-20)24(27)28)32-15-16-9-11-31-12-10-16/h4,6-8,13-14,16,19H,2-3,5,9-12,15H2,1H3,(H,27,28). The summed E-state index contributed by atoms with van der Waals surface area (Å²) in [6.45, 7) is 3.70. The van der Waals surface area contributed by atoms with Gasteiger partial charge in [-0.15, -0.1) is 0 Å². The Bertz CT molecular complexity index is 1130. The third-order valence-corrected chi connectivity index (χ3v) is 8.92. The molecule has 2 aliphatic heterocycles. The number of sulfonamides is 1. The fraction of sp³-hybridized carbons (Fsp3) is 0.458. The Morgan fingerprint density at radius 2 is 1.94 bits per heavy atom. The number of carboxylic acids is 1. The minimum absolute atomic E-state index is 0.0387. The van der Waals surface area contributed by atoms with Crippen LogP contribution >= 0.6 is 22.6 Å². The van der Waals surface area contributed by atoms with Gasteiger partial charge in [0, 0.05) is 22.8 Å². The summed E-state index contributed by atoms with van der Waals surface area (Å²) in [4.78, 5) is 11.9. The normalized spacial score (nSPS) is 19.2. The fourth-order valence-electron chi connectivity index (χ4n) is 4.50. The molecular weight excluding hydrogens is 557 g/mol. The van der Waals surface area contributed by atoms with Crippen molar-refractivity contribution in [3.8, 4) is 5.75 Å². The molecule has 1 atom stereocenters. The molecular formula is C24H28INO6S. The zero-order chi connectivity index (χ0) is 23.6. The molecule has 7 nitrogen and oxygen atoms in total. The molecule has 2 heterocycles. The number of ether oxygens (including phenoxy) is 2. The molecule has 1 fully saturated rings. The van der Waals surface area contributed by atoms with Crippen molar-refractivity contribution in [3.05, 3.63) is 51.1 Å². The summed E-state index contributed by atoms with van der Waals surface area (Å²) in [6, 6.07) is 9.73. The number of carbonyl (C=O) groups is 1. The summed E-state index contributed by atoms with van der Waals surface area (Å²) in [5, 5.41) is 9.78. The Kier molecular flexibility index (Phi) is 7.49. The Morgan fingerprint density at radius 3 is 2.64 bits per heavy atom. The maximum absolute atomic E-state index is 13.8. The van der Waals surface area contributed by atoms with Crippen molar-refractivity contribution in [1.29, 1.82) is 0 Å². The highest BCUT2D eigenvalue weighted by molar-refractivity contribution is 14.1. The first-order valence-corrected chi connectivity index (χ1v) is 13.7. The number of carboxylic acid groups (broad SMARTS) is 1. The van der Waals surface area contributed by atoms with Crippen LogP contribution in [0.1, 0.15) is 48.5 Å². The van der Waals surface area contributed by atoms with Crippen molar-refractivity contribution < 1.29 is 27.8 Å². The molecule has 2 aromatic rings. The Morgan fingerprint density at radius 1 is 1.18 bits per heavy atom. The smallest absolute Gasteiger partial charge is 0.339 e. The van der Waals surface area contributed by atoms with Crippen LogP contribution < -0.4 is 9.04 Å². The van der Waals surface area contributed by atoms with E-state index in [1.165, 1.54) is 22.5 Å². The van der Waals surface area contributed by atoms with E-state index in [0.29, 0.717) is 37.8 Å². The van der Waals surface area contributed by atoms with Crippen LogP contribution in [0.15, 0.2) is 41.3 Å². The van der Waals surface area contributed by atoms with Gasteiger partial charge in [-0.3, -0.25) is 4.31 Å². The number of aromatic carboxylic acids is 1. The zero-order valence-electron chi connectivity index (χ0n) is 18.5. The number of hydrogen-bond donors (Lipinski definition) is 1. The van der Waals surface area contributed by atoms with Crippen molar-refractivity contribution in [2.24, 2.45) is 5.92 Å². The fourth-order valence-corrected chi connectivity index (χ4v) is 6.87. The first-order valence-electron chi connectivity index (χ1n) is 11.2. The molecule has 0 spiro atoms. The molecule has 2 aliphatic rings. The van der Waals surface area contributed by atoms with E-state index >= 15 is 0 Å². The number of halogens is 1. The lowest BCUT2D eigenvalue weighted by atomic mass is 9.97. The molecule has 4 rings (SSSR count). The van der Waals surface area contributed by atoms with Crippen LogP contribution in [0.25, 0.3) is 0 Å². The number of anilines is 1. The second-order valence-electron chi connectivity index (χ2n) is 8.50. The van der Waals surface area contributed by atoms with Crippen molar-refractivity contribution >= 4 is 44.3 Å². The average Bonchev–Trinajstić information content (AvgIpc) is 2.82. The Hall–Kier alpha value is -1.85. The average molecular weight is 585 g/mol. The van der Waals surface area contributed by atoms with Crippen molar-refractivity contribution in [1.82, 2.24) is 0 Å². The lowest BCUT2D eigenvalue weighted by Gasteiger charge is -2.37. The van der Waals surface area contributed by atoms with Crippen LogP contribution in [0.3, 0.4) is 0 Å². The molecule has 0 aliphatic carbocycles. The van der Waals surface area contributed by atoms with Gasteiger partial charge in [-0.1, -0.05) is 6.92 Å². The molecule has 2 aromatic carbocycles. The largest absolute Gasteiger partial charge is 0.492 e. The lowest BCUT2D eigenvalue weighted by Crippen LogP contribution is -2.43. The van der Waals surface area contributed by atoms with E-state index in [-0.39, 0.29) is 22.3 Å². The topological polar surface area (TPSA) is 93.1 Å². The van der Waals surface area contributed by atoms with Crippen LogP contribution in [0.5, 0.6) is 5.75 Å². The molecule has 0 saturated carbocycles. The molecule has 33 heavy (non-hydrogen) atoms. The van der Waals surface area contributed by atoms with Gasteiger partial charge in [0.2, 0.25) is 0 Å². The van der Waals surface area contributed by atoms with Gasteiger partial charge in [0.1, 0.15) is 11.3 Å². The van der Waals surface area contributed by atoms with Gasteiger partial charge in [-0.2, -0.15) is 0 Å². The van der Waals surface area contributed by atoms with Crippen LogP contribution in [-0.2, 0) is 21.2 Å². The van der Waals surface area contributed by atoms with Crippen LogP contribution in [-0.4, -0.2) is 45.4 Å². The van der Waals surface area contributed by atoms with E-state index < -0.39 is 16.0 Å². The first-order chi connectivity index (χ1) is 15.8. The molecule has 0 aromatic heterocycles. The van der Waals surface area contributed by atoms with Gasteiger partial charge in [0.15, 0.2) is 0 Å². The van der Waals surface area contributed by atoms with E-state index in [0.717, 1.165) is 34.8 Å². The summed E-state index contributed by atoms with van der Waals surface area (Å²) in [5.74, 6) is -0.731. The minimum Gasteiger partial charge on any atom is -0.492 e. The van der Waals surface area contributed by atoms with Crippen molar-refractivity contribution in [3.63, 3.8) is 0 Å². The summed E-state index contributed by atoms with van der Waals surface area (Å²) in [6.07, 6.45) is 3.93. The molecule has 0 amide bonds. The van der Waals surface area contributed by atoms with Crippen LogP contribution in [0.4, 0.5) is 5.69 Å². The lowest BCUT2D eigenvalue weighted by molar-refractivity contribution is 0.0490. The van der Waals surface area contributed by atoms with Gasteiger partial charge in [-0.25, -0.2) is 13.2 Å². The highest BCUT2D eigenvalue weighted by Crippen LogP contribution is 2.38.